The lowest BCUT2D eigenvalue weighted by Gasteiger charge is -2.05. The molecule has 0 bridgehead atoms. The van der Waals surface area contributed by atoms with Crippen LogP contribution < -0.4 is 10.5 Å². The predicted molar refractivity (Wildman–Crippen MR) is 74.8 cm³/mol. The fourth-order valence-electron chi connectivity index (χ4n) is 1.86. The Labute approximate surface area is 126 Å². The van der Waals surface area contributed by atoms with Crippen molar-refractivity contribution in [3.63, 3.8) is 0 Å². The molecule has 1 aliphatic carbocycles. The lowest BCUT2D eigenvalue weighted by atomic mass is 10.2. The monoisotopic (exact) mass is 304 g/mol. The minimum Gasteiger partial charge on any atom is -0.477 e. The predicted octanol–water partition coefficient (Wildman–Crippen LogP) is 2.08. The highest BCUT2D eigenvalue weighted by Crippen LogP contribution is 2.29. The number of aromatic nitrogens is 3. The van der Waals surface area contributed by atoms with Gasteiger partial charge in [0, 0.05) is 17.8 Å². The molecule has 1 atom stereocenters. The largest absolute Gasteiger partial charge is 0.477 e. The molecule has 1 amide bonds. The van der Waals surface area contributed by atoms with Crippen LogP contribution >= 0.6 is 0 Å². The number of nitrogens with two attached hydrogens (primary N) is 1. The van der Waals surface area contributed by atoms with Crippen molar-refractivity contribution in [2.24, 2.45) is 11.7 Å². The van der Waals surface area contributed by atoms with E-state index in [4.69, 9.17) is 19.7 Å². The molecule has 8 nitrogen and oxygen atoms in total. The van der Waals surface area contributed by atoms with E-state index in [1.165, 1.54) is 12.8 Å². The SMILES string of the molecule is C[C@H](OC(N)=O)c1nc(-c2ccnc(OCC3CC3)c2)no1. The lowest BCUT2D eigenvalue weighted by Crippen LogP contribution is -2.15. The summed E-state index contributed by atoms with van der Waals surface area (Å²) in [6.07, 6.45) is 2.45. The maximum absolute atomic E-state index is 10.7. The molecule has 0 saturated heterocycles. The van der Waals surface area contributed by atoms with Crippen LogP contribution in [0, 0.1) is 5.92 Å². The van der Waals surface area contributed by atoms with Gasteiger partial charge in [-0.1, -0.05) is 5.16 Å². The smallest absolute Gasteiger partial charge is 0.405 e. The molecular formula is C14H16N4O4. The molecule has 0 aromatic carbocycles. The van der Waals surface area contributed by atoms with Crippen LogP contribution in [0.15, 0.2) is 22.9 Å². The van der Waals surface area contributed by atoms with Crippen LogP contribution in [0.2, 0.25) is 0 Å². The average Bonchev–Trinajstić information content (AvgIpc) is 3.18. The first-order valence-corrected chi connectivity index (χ1v) is 7.00. The van der Waals surface area contributed by atoms with Crippen molar-refractivity contribution in [2.45, 2.75) is 25.9 Å². The number of carbonyl (C=O) groups excluding carboxylic acids is 1. The standard InChI is InChI=1S/C14H16N4O4/c1-8(21-14(15)19)13-17-12(18-22-13)10-4-5-16-11(6-10)20-7-9-2-3-9/h4-6,8-9H,2-3,7H2,1H3,(H2,15,19)/t8-/m0/s1. The molecule has 2 aromatic heterocycles. The third-order valence-electron chi connectivity index (χ3n) is 3.24. The Kier molecular flexibility index (Phi) is 3.90. The van der Waals surface area contributed by atoms with Gasteiger partial charge < -0.3 is 19.7 Å². The summed E-state index contributed by atoms with van der Waals surface area (Å²) >= 11 is 0. The highest BCUT2D eigenvalue weighted by atomic mass is 16.6. The van der Waals surface area contributed by atoms with E-state index in [2.05, 4.69) is 15.1 Å². The molecule has 3 rings (SSSR count). The normalized spacial score (nSPS) is 15.3. The fraction of sp³-hybridized carbons (Fsp3) is 0.429. The van der Waals surface area contributed by atoms with Gasteiger partial charge >= 0.3 is 6.09 Å². The maximum atomic E-state index is 10.7. The average molecular weight is 304 g/mol. The van der Waals surface area contributed by atoms with Crippen LogP contribution in [-0.4, -0.2) is 27.8 Å². The molecule has 2 N–H and O–H groups in total. The lowest BCUT2D eigenvalue weighted by molar-refractivity contribution is 0.0959. The van der Waals surface area contributed by atoms with Gasteiger partial charge in [0.25, 0.3) is 5.89 Å². The summed E-state index contributed by atoms with van der Waals surface area (Å²) in [7, 11) is 0. The zero-order valence-electron chi connectivity index (χ0n) is 12.1. The molecule has 2 heterocycles. The van der Waals surface area contributed by atoms with Crippen molar-refractivity contribution >= 4 is 6.09 Å². The molecule has 8 heteroatoms. The van der Waals surface area contributed by atoms with Crippen LogP contribution in [0.25, 0.3) is 11.4 Å². The van der Waals surface area contributed by atoms with E-state index in [1.54, 1.807) is 25.3 Å². The molecule has 1 aliphatic rings. The zero-order valence-corrected chi connectivity index (χ0v) is 12.1. The van der Waals surface area contributed by atoms with Gasteiger partial charge in [0.1, 0.15) is 0 Å². The molecular weight excluding hydrogens is 288 g/mol. The first kappa shape index (κ1) is 14.3. The van der Waals surface area contributed by atoms with Gasteiger partial charge in [0.2, 0.25) is 11.7 Å². The second-order valence-corrected chi connectivity index (χ2v) is 5.17. The third kappa shape index (κ3) is 3.51. The van der Waals surface area contributed by atoms with E-state index in [-0.39, 0.29) is 5.89 Å². The molecule has 116 valence electrons. The molecule has 2 aromatic rings. The number of carbonyl (C=O) groups is 1. The van der Waals surface area contributed by atoms with Gasteiger partial charge in [-0.15, -0.1) is 0 Å². The summed E-state index contributed by atoms with van der Waals surface area (Å²) in [6.45, 7) is 2.27. The van der Waals surface area contributed by atoms with Gasteiger partial charge in [-0.3, -0.25) is 0 Å². The highest BCUT2D eigenvalue weighted by molar-refractivity contribution is 5.64. The first-order chi connectivity index (χ1) is 10.6. The van der Waals surface area contributed by atoms with Crippen molar-refractivity contribution < 1.29 is 18.8 Å². The molecule has 0 aliphatic heterocycles. The van der Waals surface area contributed by atoms with E-state index >= 15 is 0 Å². The number of nitrogens with zero attached hydrogens (tertiary/aromatic N) is 3. The second-order valence-electron chi connectivity index (χ2n) is 5.17. The van der Waals surface area contributed by atoms with Crippen molar-refractivity contribution in [1.82, 2.24) is 15.1 Å². The van der Waals surface area contributed by atoms with Gasteiger partial charge in [-0.25, -0.2) is 9.78 Å². The van der Waals surface area contributed by atoms with E-state index in [9.17, 15) is 4.79 Å². The zero-order chi connectivity index (χ0) is 15.5. The Morgan fingerprint density at radius 2 is 2.36 bits per heavy atom. The topological polar surface area (TPSA) is 113 Å². The van der Waals surface area contributed by atoms with Crippen LogP contribution in [0.5, 0.6) is 5.88 Å². The van der Waals surface area contributed by atoms with E-state index < -0.39 is 12.2 Å². The minimum absolute atomic E-state index is 0.172. The number of hydrogen-bond acceptors (Lipinski definition) is 7. The van der Waals surface area contributed by atoms with Crippen molar-refractivity contribution in [3.8, 4) is 17.3 Å². The van der Waals surface area contributed by atoms with Crippen LogP contribution in [0.1, 0.15) is 31.8 Å². The van der Waals surface area contributed by atoms with Crippen LogP contribution in [-0.2, 0) is 4.74 Å². The molecule has 0 radical (unpaired) electrons. The summed E-state index contributed by atoms with van der Waals surface area (Å²) in [5.41, 5.74) is 5.67. The van der Waals surface area contributed by atoms with Crippen molar-refractivity contribution in [2.75, 3.05) is 6.61 Å². The number of hydrogen-bond donors (Lipinski definition) is 1. The molecule has 0 spiro atoms. The van der Waals surface area contributed by atoms with E-state index in [0.717, 1.165) is 0 Å². The van der Waals surface area contributed by atoms with Crippen LogP contribution in [0.4, 0.5) is 4.79 Å². The Morgan fingerprint density at radius 1 is 1.55 bits per heavy atom. The van der Waals surface area contributed by atoms with E-state index in [0.29, 0.717) is 29.8 Å². The molecule has 1 fully saturated rings. The fourth-order valence-corrected chi connectivity index (χ4v) is 1.86. The number of ether oxygens (including phenoxy) is 2. The third-order valence-corrected chi connectivity index (χ3v) is 3.24. The van der Waals surface area contributed by atoms with Gasteiger partial charge in [-0.05, 0) is 31.7 Å². The number of pyridine rings is 1. The van der Waals surface area contributed by atoms with E-state index in [1.807, 2.05) is 0 Å². The Hall–Kier alpha value is -2.64. The van der Waals surface area contributed by atoms with Gasteiger partial charge in [0.15, 0.2) is 6.10 Å². The number of rotatable bonds is 6. The summed E-state index contributed by atoms with van der Waals surface area (Å²) in [4.78, 5) is 19.1. The Balaban J connectivity index is 1.71. The maximum Gasteiger partial charge on any atom is 0.405 e. The highest BCUT2D eigenvalue weighted by Gasteiger charge is 2.22. The molecule has 0 unspecified atom stereocenters. The van der Waals surface area contributed by atoms with Gasteiger partial charge in [0.05, 0.1) is 6.61 Å². The Bertz CT molecular complexity index is 668. The Morgan fingerprint density at radius 3 is 3.09 bits per heavy atom. The number of amides is 1. The van der Waals surface area contributed by atoms with Crippen molar-refractivity contribution in [3.05, 3.63) is 24.2 Å². The summed E-state index contributed by atoms with van der Waals surface area (Å²) in [6, 6.07) is 3.49. The second kappa shape index (κ2) is 6.00. The summed E-state index contributed by atoms with van der Waals surface area (Å²) in [5, 5.41) is 3.86. The summed E-state index contributed by atoms with van der Waals surface area (Å²) in [5.74, 6) is 1.71. The minimum atomic E-state index is -0.896. The van der Waals surface area contributed by atoms with Crippen molar-refractivity contribution in [1.29, 1.82) is 0 Å². The van der Waals surface area contributed by atoms with Gasteiger partial charge in [-0.2, -0.15) is 4.98 Å². The quantitative estimate of drug-likeness (QED) is 0.868. The summed E-state index contributed by atoms with van der Waals surface area (Å²) < 4.78 is 15.5. The first-order valence-electron chi connectivity index (χ1n) is 7.00. The van der Waals surface area contributed by atoms with Crippen LogP contribution in [0.3, 0.4) is 0 Å². The molecule has 22 heavy (non-hydrogen) atoms. The number of primary amides is 1. The molecule has 1 saturated carbocycles.